The quantitative estimate of drug-likeness (QED) is 0.433. The van der Waals surface area contributed by atoms with Crippen molar-refractivity contribution in [2.24, 2.45) is 0 Å². The molecule has 30 heavy (non-hydrogen) atoms. The second-order valence-corrected chi connectivity index (χ2v) is 7.35. The third kappa shape index (κ3) is 5.57. The first-order chi connectivity index (χ1) is 14.5. The van der Waals surface area contributed by atoms with Crippen LogP contribution in [0.4, 0.5) is 4.39 Å². The van der Waals surface area contributed by atoms with Crippen LogP contribution in [0, 0.1) is 5.82 Å². The first-order valence-corrected chi connectivity index (χ1v) is 10.0. The molecule has 1 N–H and O–H groups in total. The van der Waals surface area contributed by atoms with E-state index >= 15 is 0 Å². The third-order valence-electron chi connectivity index (χ3n) is 4.55. The molecule has 3 aromatic carbocycles. The minimum Gasteiger partial charge on any atom is -0.496 e. The van der Waals surface area contributed by atoms with Gasteiger partial charge >= 0.3 is 0 Å². The summed E-state index contributed by atoms with van der Waals surface area (Å²) in [5.74, 6) is 1.47. The fraction of sp³-hybridized carbons (Fsp3) is 0.217. The van der Waals surface area contributed by atoms with Gasteiger partial charge in [-0.1, -0.05) is 47.5 Å². The lowest BCUT2D eigenvalue weighted by molar-refractivity contribution is 0.284. The largest absolute Gasteiger partial charge is 0.496 e. The van der Waals surface area contributed by atoms with E-state index in [9.17, 15) is 4.39 Å². The summed E-state index contributed by atoms with van der Waals surface area (Å²) >= 11 is 12.5. The minimum atomic E-state index is -0.394. The Morgan fingerprint density at radius 2 is 1.47 bits per heavy atom. The van der Waals surface area contributed by atoms with Gasteiger partial charge in [-0.2, -0.15) is 0 Å². The number of hydrogen-bond donors (Lipinski definition) is 1. The van der Waals surface area contributed by atoms with E-state index in [1.165, 1.54) is 12.1 Å². The molecular weight excluding hydrogens is 428 g/mol. The first-order valence-electron chi connectivity index (χ1n) is 9.27. The lowest BCUT2D eigenvalue weighted by Crippen LogP contribution is -2.14. The van der Waals surface area contributed by atoms with Gasteiger partial charge in [0.05, 0.1) is 19.2 Å². The predicted molar refractivity (Wildman–Crippen MR) is 117 cm³/mol. The topological polar surface area (TPSA) is 39.7 Å². The van der Waals surface area contributed by atoms with E-state index in [-0.39, 0.29) is 6.61 Å². The Labute approximate surface area is 185 Å². The summed E-state index contributed by atoms with van der Waals surface area (Å²) in [7, 11) is 3.21. The van der Waals surface area contributed by atoms with Crippen LogP contribution in [0.2, 0.25) is 10.0 Å². The van der Waals surface area contributed by atoms with Crippen LogP contribution in [0.15, 0.2) is 54.6 Å². The number of para-hydroxylation sites is 1. The van der Waals surface area contributed by atoms with Crippen LogP contribution in [0.3, 0.4) is 0 Å². The first kappa shape index (κ1) is 22.2. The molecule has 0 aliphatic rings. The zero-order chi connectivity index (χ0) is 21.5. The van der Waals surface area contributed by atoms with Gasteiger partial charge in [0.25, 0.3) is 0 Å². The Bertz CT molecular complexity index is 1010. The molecule has 0 heterocycles. The smallest absolute Gasteiger partial charge is 0.163 e. The molecule has 0 aliphatic heterocycles. The Hall–Kier alpha value is -2.47. The van der Waals surface area contributed by atoms with E-state index in [2.05, 4.69) is 5.32 Å². The summed E-state index contributed by atoms with van der Waals surface area (Å²) in [6.07, 6.45) is 0. The lowest BCUT2D eigenvalue weighted by Gasteiger charge is -2.15. The van der Waals surface area contributed by atoms with Gasteiger partial charge in [-0.05, 0) is 29.8 Å². The maximum Gasteiger partial charge on any atom is 0.163 e. The fourth-order valence-corrected chi connectivity index (χ4v) is 3.40. The van der Waals surface area contributed by atoms with E-state index < -0.39 is 5.82 Å². The van der Waals surface area contributed by atoms with Crippen molar-refractivity contribution in [2.45, 2.75) is 19.7 Å². The van der Waals surface area contributed by atoms with Gasteiger partial charge in [0.15, 0.2) is 11.5 Å². The van der Waals surface area contributed by atoms with Crippen molar-refractivity contribution in [1.82, 2.24) is 5.32 Å². The van der Waals surface area contributed by atoms with Crippen molar-refractivity contribution in [2.75, 3.05) is 14.2 Å². The molecule has 3 aromatic rings. The summed E-state index contributed by atoms with van der Waals surface area (Å²) in [5, 5.41) is 4.21. The zero-order valence-corrected chi connectivity index (χ0v) is 18.2. The minimum absolute atomic E-state index is 0.164. The molecule has 0 spiro atoms. The molecule has 0 radical (unpaired) electrons. The van der Waals surface area contributed by atoms with Crippen molar-refractivity contribution >= 4 is 23.2 Å². The van der Waals surface area contributed by atoms with E-state index in [4.69, 9.17) is 37.4 Å². The number of benzene rings is 3. The highest BCUT2D eigenvalue weighted by atomic mass is 35.5. The van der Waals surface area contributed by atoms with E-state index in [1.807, 2.05) is 30.3 Å². The summed E-state index contributed by atoms with van der Waals surface area (Å²) in [4.78, 5) is 0. The average Bonchev–Trinajstić information content (AvgIpc) is 2.74. The second-order valence-electron chi connectivity index (χ2n) is 6.53. The van der Waals surface area contributed by atoms with Crippen LogP contribution in [0.1, 0.15) is 16.7 Å². The number of rotatable bonds is 9. The van der Waals surface area contributed by atoms with Crippen LogP contribution < -0.4 is 19.5 Å². The van der Waals surface area contributed by atoms with Crippen LogP contribution in [-0.4, -0.2) is 14.2 Å². The van der Waals surface area contributed by atoms with Gasteiger partial charge in [-0.3, -0.25) is 0 Å². The lowest BCUT2D eigenvalue weighted by atomic mass is 10.1. The molecule has 0 saturated heterocycles. The van der Waals surface area contributed by atoms with Crippen LogP contribution in [0.5, 0.6) is 17.2 Å². The highest BCUT2D eigenvalue weighted by Crippen LogP contribution is 2.34. The summed E-state index contributed by atoms with van der Waals surface area (Å²) in [6.45, 7) is 1.33. The van der Waals surface area contributed by atoms with E-state index in [0.717, 1.165) is 16.9 Å². The van der Waals surface area contributed by atoms with Crippen LogP contribution in [0.25, 0.3) is 0 Å². The molecule has 7 heteroatoms. The van der Waals surface area contributed by atoms with Crippen LogP contribution >= 0.6 is 23.2 Å². The molecule has 0 amide bonds. The number of hydrogen-bond acceptors (Lipinski definition) is 4. The molecule has 158 valence electrons. The molecular formula is C23H22Cl2FNO3. The summed E-state index contributed by atoms with van der Waals surface area (Å²) in [6, 6.07) is 15.5. The molecule has 0 atom stereocenters. The maximum absolute atomic E-state index is 13.2. The Morgan fingerprint density at radius 3 is 2.20 bits per heavy atom. The second kappa shape index (κ2) is 10.5. The van der Waals surface area contributed by atoms with E-state index in [0.29, 0.717) is 40.2 Å². The van der Waals surface area contributed by atoms with Crippen molar-refractivity contribution in [3.05, 3.63) is 87.2 Å². The fourth-order valence-electron chi connectivity index (χ4n) is 2.96. The van der Waals surface area contributed by atoms with Gasteiger partial charge in [-0.15, -0.1) is 0 Å². The Kier molecular flexibility index (Phi) is 7.80. The monoisotopic (exact) mass is 449 g/mol. The molecule has 3 rings (SSSR count). The number of methoxy groups -OCH3 is 2. The molecule has 0 saturated carbocycles. The average molecular weight is 450 g/mol. The van der Waals surface area contributed by atoms with E-state index in [1.54, 1.807) is 26.4 Å². The van der Waals surface area contributed by atoms with Crippen LogP contribution in [-0.2, 0) is 19.7 Å². The van der Waals surface area contributed by atoms with Crippen molar-refractivity contribution in [3.8, 4) is 17.2 Å². The normalized spacial score (nSPS) is 10.7. The highest BCUT2D eigenvalue weighted by molar-refractivity contribution is 6.31. The number of nitrogens with one attached hydrogen (secondary N) is 1. The molecule has 0 bridgehead atoms. The summed E-state index contributed by atoms with van der Waals surface area (Å²) < 4.78 is 29.9. The number of halogens is 3. The highest BCUT2D eigenvalue weighted by Gasteiger charge is 2.12. The van der Waals surface area contributed by atoms with Gasteiger partial charge in [0.1, 0.15) is 18.2 Å². The molecule has 0 aliphatic carbocycles. The van der Waals surface area contributed by atoms with Gasteiger partial charge < -0.3 is 19.5 Å². The molecule has 0 unspecified atom stereocenters. The predicted octanol–water partition coefficient (Wildman–Crippen LogP) is 6.02. The van der Waals surface area contributed by atoms with Crippen molar-refractivity contribution in [1.29, 1.82) is 0 Å². The maximum atomic E-state index is 13.2. The Morgan fingerprint density at radius 1 is 0.767 bits per heavy atom. The molecule has 0 fully saturated rings. The standard InChI is InChI=1S/C23H22Cl2FNO3/c1-28-21-6-4-3-5-15(21)12-27-13-17-9-22(29-2)23(11-20(17)25)30-14-16-7-8-18(26)10-19(16)24/h3-11,27H,12-14H2,1-2H3. The zero-order valence-electron chi connectivity index (χ0n) is 16.7. The Balaban J connectivity index is 1.67. The van der Waals surface area contributed by atoms with Crippen molar-refractivity contribution in [3.63, 3.8) is 0 Å². The third-order valence-corrected chi connectivity index (χ3v) is 5.26. The van der Waals surface area contributed by atoms with Gasteiger partial charge in [0, 0.05) is 35.3 Å². The molecule has 4 nitrogen and oxygen atoms in total. The molecule has 0 aromatic heterocycles. The summed E-state index contributed by atoms with van der Waals surface area (Å²) in [5.41, 5.74) is 2.59. The van der Waals surface area contributed by atoms with Crippen molar-refractivity contribution < 1.29 is 18.6 Å². The number of ether oxygens (including phenoxy) is 3. The van der Waals surface area contributed by atoms with Gasteiger partial charge in [0.2, 0.25) is 0 Å². The van der Waals surface area contributed by atoms with Gasteiger partial charge in [-0.25, -0.2) is 4.39 Å². The SMILES string of the molecule is COc1ccccc1CNCc1cc(OC)c(OCc2ccc(F)cc2Cl)cc1Cl.